The van der Waals surface area contributed by atoms with Gasteiger partial charge in [-0.1, -0.05) is 6.92 Å². The molecule has 0 aromatic carbocycles. The quantitative estimate of drug-likeness (QED) is 0.517. The summed E-state index contributed by atoms with van der Waals surface area (Å²) >= 11 is 0. The molecule has 0 atom stereocenters. The topological polar surface area (TPSA) is 18.5 Å². The molecular weight excluding hydrogens is 104 g/mol. The number of methoxy groups -OCH3 is 2. The monoisotopic (exact) mass is 117 g/mol. The molecule has 2 heteroatoms. The lowest BCUT2D eigenvalue weighted by atomic mass is 10.2. The predicted molar refractivity (Wildman–Crippen MR) is 32.4 cm³/mol. The van der Waals surface area contributed by atoms with Crippen molar-refractivity contribution in [2.45, 2.75) is 19.1 Å². The highest BCUT2D eigenvalue weighted by Crippen LogP contribution is 2.12. The summed E-state index contributed by atoms with van der Waals surface area (Å²) in [5.41, 5.74) is 0. The Kier molecular flexibility index (Phi) is 3.02. The van der Waals surface area contributed by atoms with Crippen LogP contribution < -0.4 is 0 Å². The van der Waals surface area contributed by atoms with Crippen LogP contribution in [0.15, 0.2) is 0 Å². The van der Waals surface area contributed by atoms with E-state index in [-0.39, 0.29) is 0 Å². The molecule has 0 saturated carbocycles. The van der Waals surface area contributed by atoms with Gasteiger partial charge in [0.05, 0.1) is 0 Å². The molecule has 0 aromatic heterocycles. The van der Waals surface area contributed by atoms with Gasteiger partial charge in [0.1, 0.15) is 0 Å². The largest absolute Gasteiger partial charge is 0.353 e. The summed E-state index contributed by atoms with van der Waals surface area (Å²) in [7, 11) is 3.17. The molecule has 1 radical (unpaired) electrons. The minimum Gasteiger partial charge on any atom is -0.353 e. The van der Waals surface area contributed by atoms with E-state index in [2.05, 4.69) is 6.92 Å². The zero-order valence-corrected chi connectivity index (χ0v) is 5.73. The van der Waals surface area contributed by atoms with Crippen molar-refractivity contribution in [2.24, 2.45) is 0 Å². The standard InChI is InChI=1S/C6H13O2/c1-5-6(2,7-3)8-4/h2,5H2,1,3-4H3. The van der Waals surface area contributed by atoms with E-state index in [0.29, 0.717) is 0 Å². The number of hydrogen-bond donors (Lipinski definition) is 0. The maximum absolute atomic E-state index is 4.90. The van der Waals surface area contributed by atoms with Crippen LogP contribution in [0.5, 0.6) is 0 Å². The zero-order valence-electron chi connectivity index (χ0n) is 5.73. The molecule has 8 heavy (non-hydrogen) atoms. The van der Waals surface area contributed by atoms with Crippen LogP contribution in [0.4, 0.5) is 0 Å². The molecule has 0 N–H and O–H groups in total. The van der Waals surface area contributed by atoms with Gasteiger partial charge in [-0.05, 0) is 6.42 Å². The molecule has 0 heterocycles. The Morgan fingerprint density at radius 3 is 1.75 bits per heavy atom. The van der Waals surface area contributed by atoms with E-state index in [1.165, 1.54) is 0 Å². The van der Waals surface area contributed by atoms with Crippen LogP contribution in [0.1, 0.15) is 13.3 Å². The van der Waals surface area contributed by atoms with Gasteiger partial charge in [-0.25, -0.2) is 0 Å². The van der Waals surface area contributed by atoms with Gasteiger partial charge < -0.3 is 9.47 Å². The number of hydrogen-bond acceptors (Lipinski definition) is 2. The summed E-state index contributed by atoms with van der Waals surface area (Å²) in [6.45, 7) is 5.64. The van der Waals surface area contributed by atoms with Crippen LogP contribution in [-0.4, -0.2) is 20.0 Å². The summed E-state index contributed by atoms with van der Waals surface area (Å²) < 4.78 is 9.81. The molecule has 0 aliphatic rings. The number of rotatable bonds is 3. The van der Waals surface area contributed by atoms with Crippen molar-refractivity contribution in [2.75, 3.05) is 14.2 Å². The first-order valence-electron chi connectivity index (χ1n) is 2.64. The van der Waals surface area contributed by atoms with E-state index in [1.807, 2.05) is 6.92 Å². The van der Waals surface area contributed by atoms with Crippen molar-refractivity contribution in [3.63, 3.8) is 0 Å². The zero-order chi connectivity index (χ0) is 6.62. The fourth-order valence-electron chi connectivity index (χ4n) is 0.372. The first-order valence-corrected chi connectivity index (χ1v) is 2.64. The molecular formula is C6H13O2. The fourth-order valence-corrected chi connectivity index (χ4v) is 0.372. The van der Waals surface area contributed by atoms with Crippen LogP contribution in [0, 0.1) is 6.92 Å². The Hall–Kier alpha value is -0.0800. The Labute approximate surface area is 50.8 Å². The van der Waals surface area contributed by atoms with Crippen LogP contribution in [0.2, 0.25) is 0 Å². The highest BCUT2D eigenvalue weighted by atomic mass is 16.7. The Morgan fingerprint density at radius 1 is 1.38 bits per heavy atom. The van der Waals surface area contributed by atoms with Crippen molar-refractivity contribution in [3.05, 3.63) is 6.92 Å². The van der Waals surface area contributed by atoms with Gasteiger partial charge in [0.15, 0.2) is 5.79 Å². The molecule has 0 aliphatic heterocycles. The van der Waals surface area contributed by atoms with E-state index in [4.69, 9.17) is 9.47 Å². The third-order valence-electron chi connectivity index (χ3n) is 1.28. The average Bonchev–Trinajstić information content (AvgIpc) is 1.87. The summed E-state index contributed by atoms with van der Waals surface area (Å²) in [5, 5.41) is 0. The van der Waals surface area contributed by atoms with Gasteiger partial charge in [0, 0.05) is 21.1 Å². The van der Waals surface area contributed by atoms with Gasteiger partial charge >= 0.3 is 0 Å². The van der Waals surface area contributed by atoms with Crippen LogP contribution >= 0.6 is 0 Å². The van der Waals surface area contributed by atoms with Gasteiger partial charge in [-0.3, -0.25) is 0 Å². The normalized spacial score (nSPS) is 12.0. The third-order valence-corrected chi connectivity index (χ3v) is 1.28. The van der Waals surface area contributed by atoms with Crippen molar-refractivity contribution in [3.8, 4) is 0 Å². The van der Waals surface area contributed by atoms with E-state index >= 15 is 0 Å². The molecule has 49 valence electrons. The highest BCUT2D eigenvalue weighted by Gasteiger charge is 2.18. The first kappa shape index (κ1) is 7.92. The van der Waals surface area contributed by atoms with E-state index < -0.39 is 5.79 Å². The molecule has 0 aromatic rings. The minimum atomic E-state index is -0.625. The summed E-state index contributed by atoms with van der Waals surface area (Å²) in [6, 6.07) is 0. The SMILES string of the molecule is [CH2]C(CC)(OC)OC. The van der Waals surface area contributed by atoms with Crippen LogP contribution in [0.25, 0.3) is 0 Å². The summed E-state index contributed by atoms with van der Waals surface area (Å²) in [6.07, 6.45) is 0.764. The Morgan fingerprint density at radius 2 is 1.75 bits per heavy atom. The smallest absolute Gasteiger partial charge is 0.167 e. The maximum Gasteiger partial charge on any atom is 0.167 e. The average molecular weight is 117 g/mol. The Bertz CT molecular complexity index is 49.3. The molecule has 0 fully saturated rings. The maximum atomic E-state index is 4.90. The predicted octanol–water partition coefficient (Wildman–Crippen LogP) is 1.22. The molecule has 0 aliphatic carbocycles. The van der Waals surface area contributed by atoms with Gasteiger partial charge in [0.25, 0.3) is 0 Å². The molecule has 0 saturated heterocycles. The molecule has 0 bridgehead atoms. The lowest BCUT2D eigenvalue weighted by molar-refractivity contribution is -0.173. The summed E-state index contributed by atoms with van der Waals surface area (Å²) in [4.78, 5) is 0. The first-order chi connectivity index (χ1) is 3.68. The lowest BCUT2D eigenvalue weighted by Gasteiger charge is -2.23. The van der Waals surface area contributed by atoms with E-state index in [1.54, 1.807) is 14.2 Å². The van der Waals surface area contributed by atoms with Crippen molar-refractivity contribution >= 4 is 0 Å². The van der Waals surface area contributed by atoms with Crippen molar-refractivity contribution < 1.29 is 9.47 Å². The van der Waals surface area contributed by atoms with Crippen LogP contribution in [0.3, 0.4) is 0 Å². The Balaban J connectivity index is 3.58. The van der Waals surface area contributed by atoms with Gasteiger partial charge in [-0.15, -0.1) is 0 Å². The van der Waals surface area contributed by atoms with Crippen LogP contribution in [-0.2, 0) is 9.47 Å². The second-order valence-corrected chi connectivity index (χ2v) is 1.67. The number of ether oxygens (including phenoxy) is 2. The molecule has 0 rings (SSSR count). The minimum absolute atomic E-state index is 0.625. The second-order valence-electron chi connectivity index (χ2n) is 1.67. The molecule has 0 amide bonds. The third kappa shape index (κ3) is 1.80. The van der Waals surface area contributed by atoms with E-state index in [0.717, 1.165) is 6.42 Å². The molecule has 0 spiro atoms. The highest BCUT2D eigenvalue weighted by molar-refractivity contribution is 4.67. The van der Waals surface area contributed by atoms with E-state index in [9.17, 15) is 0 Å². The second kappa shape index (κ2) is 3.05. The molecule has 0 unspecified atom stereocenters. The van der Waals surface area contributed by atoms with Gasteiger partial charge in [-0.2, -0.15) is 0 Å². The molecule has 2 nitrogen and oxygen atoms in total. The van der Waals surface area contributed by atoms with Gasteiger partial charge in [0.2, 0.25) is 0 Å². The van der Waals surface area contributed by atoms with Crippen molar-refractivity contribution in [1.29, 1.82) is 0 Å². The lowest BCUT2D eigenvalue weighted by Crippen LogP contribution is -2.28. The summed E-state index contributed by atoms with van der Waals surface area (Å²) in [5.74, 6) is -0.625. The fraction of sp³-hybridized carbons (Fsp3) is 0.833. The van der Waals surface area contributed by atoms with Crippen molar-refractivity contribution in [1.82, 2.24) is 0 Å².